The summed E-state index contributed by atoms with van der Waals surface area (Å²) in [5.41, 5.74) is 1.12. The number of aliphatic hydroxyl groups is 1. The summed E-state index contributed by atoms with van der Waals surface area (Å²) in [6, 6.07) is 5.39. The van der Waals surface area contributed by atoms with Gasteiger partial charge in [-0.05, 0) is 43.2 Å². The number of sulfonamides is 1. The monoisotopic (exact) mass is 345 g/mol. The fourth-order valence-corrected chi connectivity index (χ4v) is 5.26. The van der Waals surface area contributed by atoms with Crippen LogP contribution in [0.2, 0.25) is 0 Å². The normalized spacial score (nSPS) is 22.1. The molecule has 1 aromatic rings. The van der Waals surface area contributed by atoms with Gasteiger partial charge in [-0.1, -0.05) is 12.1 Å². The highest BCUT2D eigenvalue weighted by atomic mass is 32.2. The van der Waals surface area contributed by atoms with E-state index in [0.717, 1.165) is 29.1 Å². The molecule has 0 radical (unpaired) electrons. The Morgan fingerprint density at radius 3 is 2.82 bits per heavy atom. The number of ether oxygens (including phenoxy) is 1. The van der Waals surface area contributed by atoms with Crippen LogP contribution < -0.4 is 4.72 Å². The maximum absolute atomic E-state index is 12.6. The van der Waals surface area contributed by atoms with Gasteiger partial charge < -0.3 is 9.84 Å². The van der Waals surface area contributed by atoms with Gasteiger partial charge >= 0.3 is 0 Å². The molecule has 5 nitrogen and oxygen atoms in total. The second kappa shape index (κ2) is 7.31. The highest BCUT2D eigenvalue weighted by Gasteiger charge is 2.36. The summed E-state index contributed by atoms with van der Waals surface area (Å²) >= 11 is 1.74. The van der Waals surface area contributed by atoms with Gasteiger partial charge in [-0.3, -0.25) is 0 Å². The Balaban J connectivity index is 2.12. The van der Waals surface area contributed by atoms with Crippen molar-refractivity contribution in [1.82, 2.24) is 4.72 Å². The zero-order valence-corrected chi connectivity index (χ0v) is 14.6. The number of aliphatic hydroxyl groups excluding tert-OH is 1. The van der Waals surface area contributed by atoms with Crippen LogP contribution in [0.4, 0.5) is 0 Å². The molecule has 1 aromatic carbocycles. The molecular weight excluding hydrogens is 322 g/mol. The van der Waals surface area contributed by atoms with Crippen molar-refractivity contribution in [2.24, 2.45) is 0 Å². The quantitative estimate of drug-likeness (QED) is 0.783. The summed E-state index contributed by atoms with van der Waals surface area (Å²) in [6.07, 6.45) is 0.785. The summed E-state index contributed by atoms with van der Waals surface area (Å²) < 4.78 is 33.5. The zero-order chi connectivity index (χ0) is 16.2. The molecule has 0 spiro atoms. The number of hydrogen-bond acceptors (Lipinski definition) is 5. The van der Waals surface area contributed by atoms with E-state index in [1.807, 2.05) is 19.1 Å². The van der Waals surface area contributed by atoms with Crippen LogP contribution in [0.3, 0.4) is 0 Å². The Morgan fingerprint density at radius 2 is 2.18 bits per heavy atom. The van der Waals surface area contributed by atoms with Crippen molar-refractivity contribution in [1.29, 1.82) is 0 Å². The molecule has 1 heterocycles. The Labute approximate surface area is 136 Å². The molecule has 2 N–H and O–H groups in total. The molecule has 0 saturated carbocycles. The van der Waals surface area contributed by atoms with Gasteiger partial charge in [-0.2, -0.15) is 11.8 Å². The van der Waals surface area contributed by atoms with E-state index >= 15 is 0 Å². The van der Waals surface area contributed by atoms with Gasteiger partial charge in [0.05, 0.1) is 23.7 Å². The number of thioether (sulfide) groups is 1. The molecule has 0 aromatic heterocycles. The Morgan fingerprint density at radius 1 is 1.41 bits per heavy atom. The number of nitrogens with one attached hydrogen (secondary N) is 1. The lowest BCUT2D eigenvalue weighted by atomic mass is 10.0. The lowest BCUT2D eigenvalue weighted by Gasteiger charge is -2.28. The predicted molar refractivity (Wildman–Crippen MR) is 88.8 cm³/mol. The van der Waals surface area contributed by atoms with Crippen molar-refractivity contribution in [3.8, 4) is 0 Å². The van der Waals surface area contributed by atoms with Gasteiger partial charge in [-0.15, -0.1) is 0 Å². The maximum atomic E-state index is 12.6. The van der Waals surface area contributed by atoms with Gasteiger partial charge in [0.15, 0.2) is 0 Å². The number of benzene rings is 1. The van der Waals surface area contributed by atoms with Gasteiger partial charge in [0, 0.05) is 12.3 Å². The molecule has 2 rings (SSSR count). The van der Waals surface area contributed by atoms with Gasteiger partial charge in [0.1, 0.15) is 0 Å². The number of aryl methyl sites for hydroxylation is 2. The van der Waals surface area contributed by atoms with Crippen molar-refractivity contribution in [2.45, 2.75) is 30.8 Å². The minimum atomic E-state index is -3.57. The van der Waals surface area contributed by atoms with Crippen LogP contribution >= 0.6 is 11.8 Å². The molecule has 1 aliphatic heterocycles. The largest absolute Gasteiger partial charge is 0.394 e. The van der Waals surface area contributed by atoms with E-state index in [2.05, 4.69) is 4.72 Å². The van der Waals surface area contributed by atoms with Crippen molar-refractivity contribution in [3.05, 3.63) is 29.3 Å². The molecule has 1 atom stereocenters. The predicted octanol–water partition coefficient (Wildman–Crippen LogP) is 1.47. The maximum Gasteiger partial charge on any atom is 0.240 e. The lowest BCUT2D eigenvalue weighted by Crippen LogP contribution is -2.45. The molecule has 7 heteroatoms. The van der Waals surface area contributed by atoms with E-state index in [1.165, 1.54) is 0 Å². The van der Waals surface area contributed by atoms with Crippen LogP contribution in [0.5, 0.6) is 0 Å². The van der Waals surface area contributed by atoms with Gasteiger partial charge in [-0.25, -0.2) is 13.1 Å². The molecule has 1 saturated heterocycles. The highest BCUT2D eigenvalue weighted by molar-refractivity contribution is 7.99. The molecule has 0 bridgehead atoms. The van der Waals surface area contributed by atoms with Crippen LogP contribution in [-0.4, -0.2) is 50.4 Å². The van der Waals surface area contributed by atoms with E-state index in [1.54, 1.807) is 24.8 Å². The first-order chi connectivity index (χ1) is 10.4. The summed E-state index contributed by atoms with van der Waals surface area (Å²) in [6.45, 7) is 4.06. The van der Waals surface area contributed by atoms with E-state index in [-0.39, 0.29) is 19.8 Å². The van der Waals surface area contributed by atoms with Crippen molar-refractivity contribution >= 4 is 21.8 Å². The minimum absolute atomic E-state index is 0.0594. The second-order valence-corrected chi connectivity index (χ2v) is 8.49. The number of rotatable bonds is 7. The Hall–Kier alpha value is -0.600. The third-order valence-electron chi connectivity index (χ3n) is 3.78. The van der Waals surface area contributed by atoms with Crippen LogP contribution in [0, 0.1) is 13.8 Å². The first-order valence-corrected chi connectivity index (χ1v) is 9.92. The minimum Gasteiger partial charge on any atom is -0.394 e. The van der Waals surface area contributed by atoms with Crippen molar-refractivity contribution in [3.63, 3.8) is 0 Å². The molecule has 1 aliphatic rings. The lowest BCUT2D eigenvalue weighted by molar-refractivity contribution is -0.0358. The molecular formula is C15H23NO4S2. The smallest absolute Gasteiger partial charge is 0.240 e. The average Bonchev–Trinajstić information content (AvgIpc) is 2.95. The van der Waals surface area contributed by atoms with Crippen molar-refractivity contribution < 1.29 is 18.3 Å². The standard InChI is InChI=1S/C15H23NO4S2/c1-12-3-4-13(2)14(9-12)22(18,19)16-10-15(20-7-6-17)5-8-21-11-15/h3-4,9,16-17H,5-8,10-11H2,1-2H3. The third kappa shape index (κ3) is 4.23. The first-order valence-electron chi connectivity index (χ1n) is 7.28. The molecule has 1 fully saturated rings. The average molecular weight is 345 g/mol. The summed E-state index contributed by atoms with van der Waals surface area (Å²) in [7, 11) is -3.57. The Kier molecular flexibility index (Phi) is 5.90. The van der Waals surface area contributed by atoms with E-state index in [9.17, 15) is 8.42 Å². The topological polar surface area (TPSA) is 75.6 Å². The summed E-state index contributed by atoms with van der Waals surface area (Å²) in [5.74, 6) is 1.68. The molecule has 1 unspecified atom stereocenters. The van der Waals surface area contributed by atoms with Crippen LogP contribution in [0.15, 0.2) is 23.1 Å². The summed E-state index contributed by atoms with van der Waals surface area (Å²) in [5, 5.41) is 8.94. The zero-order valence-electron chi connectivity index (χ0n) is 13.0. The van der Waals surface area contributed by atoms with Gasteiger partial charge in [0.2, 0.25) is 10.0 Å². The fourth-order valence-electron chi connectivity index (χ4n) is 2.46. The highest BCUT2D eigenvalue weighted by Crippen LogP contribution is 2.31. The van der Waals surface area contributed by atoms with E-state index < -0.39 is 15.6 Å². The third-order valence-corrected chi connectivity index (χ3v) is 6.55. The van der Waals surface area contributed by atoms with Crippen LogP contribution in [0.1, 0.15) is 17.5 Å². The second-order valence-electron chi connectivity index (χ2n) is 5.65. The van der Waals surface area contributed by atoms with Crippen LogP contribution in [0.25, 0.3) is 0 Å². The van der Waals surface area contributed by atoms with Crippen molar-refractivity contribution in [2.75, 3.05) is 31.3 Å². The first kappa shape index (κ1) is 17.7. The summed E-state index contributed by atoms with van der Waals surface area (Å²) in [4.78, 5) is 0.315. The fraction of sp³-hybridized carbons (Fsp3) is 0.600. The van der Waals surface area contributed by atoms with E-state index in [0.29, 0.717) is 4.90 Å². The Bertz CT molecular complexity index is 610. The SMILES string of the molecule is Cc1ccc(C)c(S(=O)(=O)NCC2(OCCO)CCSC2)c1. The van der Waals surface area contributed by atoms with E-state index in [4.69, 9.17) is 9.84 Å². The molecule has 0 aliphatic carbocycles. The molecule has 124 valence electrons. The number of hydrogen-bond donors (Lipinski definition) is 2. The molecule has 22 heavy (non-hydrogen) atoms. The van der Waals surface area contributed by atoms with Crippen LogP contribution in [-0.2, 0) is 14.8 Å². The molecule has 0 amide bonds. The van der Waals surface area contributed by atoms with Gasteiger partial charge in [0.25, 0.3) is 0 Å².